The van der Waals surface area contributed by atoms with Crippen molar-refractivity contribution in [1.29, 1.82) is 0 Å². The van der Waals surface area contributed by atoms with Crippen LogP contribution < -0.4 is 9.64 Å². The molecule has 0 spiro atoms. The van der Waals surface area contributed by atoms with E-state index >= 15 is 0 Å². The lowest BCUT2D eigenvalue weighted by Crippen LogP contribution is -2.16. The molecule has 1 heterocycles. The molecule has 0 atom stereocenters. The van der Waals surface area contributed by atoms with Crippen molar-refractivity contribution in [2.24, 2.45) is 0 Å². The number of ether oxygens (including phenoxy) is 2. The zero-order valence-electron chi connectivity index (χ0n) is 16.9. The normalized spacial score (nSPS) is 8.96. The van der Waals surface area contributed by atoms with E-state index in [1.807, 2.05) is 32.7 Å². The molecule has 1 aromatic heterocycles. The summed E-state index contributed by atoms with van der Waals surface area (Å²) in [5.74, 6) is 1.40. The molecule has 0 radical (unpaired) electrons. The molecule has 1 rings (SSSR count). The van der Waals surface area contributed by atoms with Crippen molar-refractivity contribution in [2.75, 3.05) is 25.2 Å². The number of unbranched alkanes of at least 4 members (excludes halogenated alkanes) is 1. The van der Waals surface area contributed by atoms with E-state index in [9.17, 15) is 0 Å². The van der Waals surface area contributed by atoms with Gasteiger partial charge in [-0.3, -0.25) is 0 Å². The first-order valence-electron chi connectivity index (χ1n) is 8.66. The Morgan fingerprint density at radius 1 is 1.20 bits per heavy atom. The molecule has 0 bridgehead atoms. The van der Waals surface area contributed by atoms with Gasteiger partial charge in [-0.15, -0.1) is 0 Å². The molecule has 6 heteroatoms. The van der Waals surface area contributed by atoms with E-state index in [1.54, 1.807) is 13.1 Å². The van der Waals surface area contributed by atoms with Gasteiger partial charge in [0.1, 0.15) is 19.0 Å². The molecular formula is C19H34BrN3O2. The Morgan fingerprint density at radius 3 is 2.20 bits per heavy atom. The molecule has 0 fully saturated rings. The number of aromatic nitrogens is 2. The smallest absolute Gasteiger partial charge is 0.318 e. The standard InChI is InChI=1S/C13H18BrN3O2.C4H10.C2H6/c1-9(2)18-6-7-19-13-15-8-10(3)12(16-13)17(5)11(4)14;1-3-4-2;1-2/h8H,1,4,6-7H2,2-3,5H3;3-4H2,1-2H3;1-2H3. The topological polar surface area (TPSA) is 47.5 Å². The molecule has 0 saturated heterocycles. The Bertz CT molecular complexity index is 505. The Balaban J connectivity index is 0. The van der Waals surface area contributed by atoms with E-state index < -0.39 is 0 Å². The van der Waals surface area contributed by atoms with Crippen molar-refractivity contribution in [3.63, 3.8) is 0 Å². The van der Waals surface area contributed by atoms with E-state index in [4.69, 9.17) is 9.47 Å². The predicted octanol–water partition coefficient (Wildman–Crippen LogP) is 5.85. The lowest BCUT2D eigenvalue weighted by atomic mass is 10.3. The molecule has 0 saturated carbocycles. The fourth-order valence-corrected chi connectivity index (χ4v) is 1.46. The zero-order valence-corrected chi connectivity index (χ0v) is 18.4. The first-order valence-corrected chi connectivity index (χ1v) is 9.45. The van der Waals surface area contributed by atoms with Gasteiger partial charge in [-0.05, 0) is 29.8 Å². The maximum Gasteiger partial charge on any atom is 0.318 e. The van der Waals surface area contributed by atoms with E-state index in [0.717, 1.165) is 11.4 Å². The number of hydrogen-bond donors (Lipinski definition) is 0. The van der Waals surface area contributed by atoms with Gasteiger partial charge in [0.15, 0.2) is 0 Å². The van der Waals surface area contributed by atoms with Crippen LogP contribution in [0.5, 0.6) is 6.01 Å². The van der Waals surface area contributed by atoms with Crippen molar-refractivity contribution < 1.29 is 9.47 Å². The van der Waals surface area contributed by atoms with Gasteiger partial charge in [-0.1, -0.05) is 53.7 Å². The van der Waals surface area contributed by atoms with Crippen molar-refractivity contribution in [2.45, 2.75) is 54.4 Å². The Morgan fingerprint density at radius 2 is 1.76 bits per heavy atom. The predicted molar refractivity (Wildman–Crippen MR) is 111 cm³/mol. The quantitative estimate of drug-likeness (QED) is 0.302. The SMILES string of the molecule is C=C(C)OCCOc1ncc(C)c(N(C)C(=C)Br)n1.CC.CCCC. The largest absolute Gasteiger partial charge is 0.495 e. The molecule has 0 aliphatic carbocycles. The van der Waals surface area contributed by atoms with Crippen LogP contribution in [0.3, 0.4) is 0 Å². The third-order valence-electron chi connectivity index (χ3n) is 2.77. The van der Waals surface area contributed by atoms with Gasteiger partial charge >= 0.3 is 6.01 Å². The highest BCUT2D eigenvalue weighted by atomic mass is 79.9. The second kappa shape index (κ2) is 15.9. The molecule has 1 aromatic rings. The summed E-state index contributed by atoms with van der Waals surface area (Å²) in [6.07, 6.45) is 4.35. The second-order valence-electron chi connectivity index (χ2n) is 4.99. The van der Waals surface area contributed by atoms with Crippen molar-refractivity contribution >= 4 is 21.7 Å². The number of halogens is 1. The first-order chi connectivity index (χ1) is 11.8. The molecule has 5 nitrogen and oxygen atoms in total. The number of hydrogen-bond acceptors (Lipinski definition) is 5. The number of rotatable bonds is 8. The maximum atomic E-state index is 5.42. The summed E-state index contributed by atoms with van der Waals surface area (Å²) in [5, 5.41) is 0. The van der Waals surface area contributed by atoms with E-state index in [2.05, 4.69) is 52.9 Å². The third-order valence-corrected chi connectivity index (χ3v) is 3.30. The monoisotopic (exact) mass is 415 g/mol. The highest BCUT2D eigenvalue weighted by molar-refractivity contribution is 9.11. The van der Waals surface area contributed by atoms with Gasteiger partial charge in [0, 0.05) is 18.8 Å². The lowest BCUT2D eigenvalue weighted by molar-refractivity contribution is 0.152. The highest BCUT2D eigenvalue weighted by Gasteiger charge is 2.10. The van der Waals surface area contributed by atoms with Gasteiger partial charge < -0.3 is 14.4 Å². The van der Waals surface area contributed by atoms with Gasteiger partial charge in [0.05, 0.1) is 10.4 Å². The average Bonchev–Trinajstić information content (AvgIpc) is 2.61. The maximum absolute atomic E-state index is 5.42. The summed E-state index contributed by atoms with van der Waals surface area (Å²) in [5.41, 5.74) is 0.939. The molecule has 0 aliphatic heterocycles. The number of allylic oxidation sites excluding steroid dienone is 1. The van der Waals surface area contributed by atoms with Crippen molar-refractivity contribution in [1.82, 2.24) is 9.97 Å². The van der Waals surface area contributed by atoms with E-state index in [0.29, 0.717) is 29.6 Å². The van der Waals surface area contributed by atoms with Crippen LogP contribution in [0.1, 0.15) is 53.0 Å². The van der Waals surface area contributed by atoms with Crippen molar-refractivity contribution in [3.8, 4) is 6.01 Å². The Kier molecular flexibility index (Phi) is 16.4. The zero-order chi connectivity index (χ0) is 19.8. The molecule has 0 N–H and O–H groups in total. The summed E-state index contributed by atoms with van der Waals surface area (Å²) in [7, 11) is 1.86. The summed E-state index contributed by atoms with van der Waals surface area (Å²) >= 11 is 3.32. The highest BCUT2D eigenvalue weighted by Crippen LogP contribution is 2.22. The molecular weight excluding hydrogens is 382 g/mol. The van der Waals surface area contributed by atoms with Crippen LogP contribution in [0.4, 0.5) is 5.82 Å². The summed E-state index contributed by atoms with van der Waals surface area (Å²) in [4.78, 5) is 10.3. The first kappa shape index (κ1) is 25.7. The minimum Gasteiger partial charge on any atom is -0.495 e. The molecule has 0 unspecified atom stereocenters. The minimum absolute atomic E-state index is 0.312. The van der Waals surface area contributed by atoms with Gasteiger partial charge in [0.2, 0.25) is 0 Å². The van der Waals surface area contributed by atoms with Gasteiger partial charge in [-0.2, -0.15) is 4.98 Å². The van der Waals surface area contributed by atoms with Gasteiger partial charge in [-0.25, -0.2) is 4.98 Å². The molecule has 0 amide bonds. The fraction of sp³-hybridized carbons (Fsp3) is 0.579. The molecule has 25 heavy (non-hydrogen) atoms. The minimum atomic E-state index is 0.312. The number of aryl methyl sites for hydroxylation is 1. The third kappa shape index (κ3) is 12.5. The summed E-state index contributed by atoms with van der Waals surface area (Å²) in [6.45, 7) is 20.3. The average molecular weight is 416 g/mol. The summed E-state index contributed by atoms with van der Waals surface area (Å²) in [6, 6.07) is 0.312. The Hall–Kier alpha value is -1.56. The lowest BCUT2D eigenvalue weighted by Gasteiger charge is -2.18. The summed E-state index contributed by atoms with van der Waals surface area (Å²) < 4.78 is 11.3. The van der Waals surface area contributed by atoms with Gasteiger partial charge in [0.25, 0.3) is 0 Å². The van der Waals surface area contributed by atoms with E-state index in [1.165, 1.54) is 12.8 Å². The number of anilines is 1. The second-order valence-corrected chi connectivity index (χ2v) is 5.91. The van der Waals surface area contributed by atoms with Crippen LogP contribution in [0.15, 0.2) is 29.7 Å². The van der Waals surface area contributed by atoms with Crippen LogP contribution in [0.2, 0.25) is 0 Å². The van der Waals surface area contributed by atoms with E-state index in [-0.39, 0.29) is 0 Å². The number of nitrogens with zero attached hydrogens (tertiary/aromatic N) is 3. The fourth-order valence-electron chi connectivity index (χ4n) is 1.29. The van der Waals surface area contributed by atoms with Crippen LogP contribution in [-0.2, 0) is 4.74 Å². The molecule has 144 valence electrons. The molecule has 0 aromatic carbocycles. The Labute approximate surface area is 162 Å². The van der Waals surface area contributed by atoms with Crippen LogP contribution in [0, 0.1) is 6.92 Å². The van der Waals surface area contributed by atoms with Crippen LogP contribution in [-0.4, -0.2) is 30.2 Å². The van der Waals surface area contributed by atoms with Crippen LogP contribution >= 0.6 is 15.9 Å². The van der Waals surface area contributed by atoms with Crippen LogP contribution in [0.25, 0.3) is 0 Å². The van der Waals surface area contributed by atoms with Crippen molar-refractivity contribution in [3.05, 3.63) is 35.3 Å². The molecule has 0 aliphatic rings.